The summed E-state index contributed by atoms with van der Waals surface area (Å²) < 4.78 is 5.11. The second kappa shape index (κ2) is 7.76. The monoisotopic (exact) mass is 351 g/mol. The summed E-state index contributed by atoms with van der Waals surface area (Å²) in [5, 5.41) is 8.95. The highest BCUT2D eigenvalue weighted by Crippen LogP contribution is 2.52. The van der Waals surface area contributed by atoms with Crippen molar-refractivity contribution in [2.75, 3.05) is 12.4 Å². The lowest BCUT2D eigenvalue weighted by atomic mass is 10.0. The maximum atomic E-state index is 11.8. The minimum atomic E-state index is -0.0824. The first kappa shape index (κ1) is 17.6. The average molecular weight is 351 g/mol. The van der Waals surface area contributed by atoms with E-state index in [-0.39, 0.29) is 11.4 Å². The Morgan fingerprint density at radius 1 is 1.20 bits per heavy atom. The molecule has 1 saturated carbocycles. The Bertz CT molecular complexity index is 788. The van der Waals surface area contributed by atoms with Crippen LogP contribution in [0.4, 0.5) is 0 Å². The molecule has 2 aromatic carbocycles. The molecule has 25 heavy (non-hydrogen) atoms. The van der Waals surface area contributed by atoms with Crippen molar-refractivity contribution in [2.45, 2.75) is 31.1 Å². The van der Waals surface area contributed by atoms with Gasteiger partial charge in [0.1, 0.15) is 0 Å². The van der Waals surface area contributed by atoms with E-state index in [9.17, 15) is 4.79 Å². The van der Waals surface area contributed by atoms with E-state index in [0.29, 0.717) is 18.6 Å². The third-order valence-corrected chi connectivity index (χ3v) is 5.95. The molecule has 2 aromatic rings. The number of thioether (sulfide) groups is 1. The molecule has 128 valence electrons. The fraction of sp³-hybridized carbons (Fsp3) is 0.333. The van der Waals surface area contributed by atoms with Crippen LogP contribution in [-0.2, 0) is 9.53 Å². The van der Waals surface area contributed by atoms with Crippen molar-refractivity contribution < 1.29 is 9.53 Å². The molecule has 1 aliphatic carbocycles. The summed E-state index contributed by atoms with van der Waals surface area (Å²) in [5.74, 6) is 0.847. The zero-order valence-electron chi connectivity index (χ0n) is 14.3. The molecule has 3 rings (SSSR count). The van der Waals surface area contributed by atoms with E-state index in [1.807, 2.05) is 55.1 Å². The average Bonchev–Trinajstić information content (AvgIpc) is 3.40. The number of ether oxygens (including phenoxy) is 1. The lowest BCUT2D eigenvalue weighted by Gasteiger charge is -2.15. The molecule has 0 aromatic heterocycles. The highest BCUT2D eigenvalue weighted by Gasteiger charge is 2.44. The van der Waals surface area contributed by atoms with E-state index in [0.717, 1.165) is 24.2 Å². The normalized spacial score (nSPS) is 14.6. The molecule has 0 unspecified atom stereocenters. The summed E-state index contributed by atoms with van der Waals surface area (Å²) in [6.45, 7) is 2.30. The Balaban J connectivity index is 1.71. The first-order chi connectivity index (χ1) is 12.2. The molecule has 3 nitrogen and oxygen atoms in total. The van der Waals surface area contributed by atoms with Crippen LogP contribution in [-0.4, -0.2) is 18.3 Å². The van der Waals surface area contributed by atoms with E-state index in [1.54, 1.807) is 0 Å². The first-order valence-corrected chi connectivity index (χ1v) is 9.52. The molecule has 4 heteroatoms. The van der Waals surface area contributed by atoms with Gasteiger partial charge in [-0.2, -0.15) is 5.26 Å². The number of carbonyl (C=O) groups is 1. The molecule has 0 saturated heterocycles. The van der Waals surface area contributed by atoms with Crippen LogP contribution in [0.1, 0.15) is 31.7 Å². The van der Waals surface area contributed by atoms with Crippen molar-refractivity contribution in [3.8, 4) is 17.2 Å². The predicted molar refractivity (Wildman–Crippen MR) is 100 cm³/mol. The number of carbonyl (C=O) groups excluding carboxylic acids is 1. The van der Waals surface area contributed by atoms with Gasteiger partial charge in [-0.15, -0.1) is 11.8 Å². The third-order valence-electron chi connectivity index (χ3n) is 4.53. The van der Waals surface area contributed by atoms with Gasteiger partial charge in [-0.3, -0.25) is 4.79 Å². The van der Waals surface area contributed by atoms with E-state index in [1.165, 1.54) is 10.5 Å². The number of rotatable bonds is 7. The van der Waals surface area contributed by atoms with Crippen molar-refractivity contribution in [3.63, 3.8) is 0 Å². The minimum Gasteiger partial charge on any atom is -0.466 e. The van der Waals surface area contributed by atoms with Gasteiger partial charge in [0.2, 0.25) is 0 Å². The number of benzene rings is 2. The standard InChI is InChI=1S/C21H21NO2S/c1-2-24-20(23)13-21(11-12-21)15-25-19-6-4-3-5-18(19)17-9-7-16(14-22)8-10-17/h3-10H,2,11-13,15H2,1H3. The predicted octanol–water partition coefficient (Wildman–Crippen LogP) is 5.05. The molecule has 0 spiro atoms. The van der Waals surface area contributed by atoms with Crippen molar-refractivity contribution in [1.29, 1.82) is 5.26 Å². The molecule has 0 atom stereocenters. The van der Waals surface area contributed by atoms with Crippen LogP contribution in [0, 0.1) is 16.7 Å². The molecule has 0 radical (unpaired) electrons. The van der Waals surface area contributed by atoms with E-state index < -0.39 is 0 Å². The van der Waals surface area contributed by atoms with Gasteiger partial charge in [0, 0.05) is 10.6 Å². The molecule has 0 N–H and O–H groups in total. The Kier molecular flexibility index (Phi) is 5.45. The SMILES string of the molecule is CCOC(=O)CC1(CSc2ccccc2-c2ccc(C#N)cc2)CC1. The van der Waals surface area contributed by atoms with Crippen molar-refractivity contribution >= 4 is 17.7 Å². The van der Waals surface area contributed by atoms with Crippen LogP contribution in [0.25, 0.3) is 11.1 Å². The van der Waals surface area contributed by atoms with Crippen LogP contribution in [0.5, 0.6) is 0 Å². The highest BCUT2D eigenvalue weighted by atomic mass is 32.2. The second-order valence-corrected chi connectivity index (χ2v) is 7.47. The zero-order chi connectivity index (χ0) is 17.7. The van der Waals surface area contributed by atoms with Gasteiger partial charge in [-0.25, -0.2) is 0 Å². The largest absolute Gasteiger partial charge is 0.466 e. The van der Waals surface area contributed by atoms with E-state index in [4.69, 9.17) is 10.00 Å². The minimum absolute atomic E-state index is 0.0824. The maximum absolute atomic E-state index is 11.8. The highest BCUT2D eigenvalue weighted by molar-refractivity contribution is 7.99. The summed E-state index contributed by atoms with van der Waals surface area (Å²) in [7, 11) is 0. The van der Waals surface area contributed by atoms with Gasteiger partial charge in [0.05, 0.1) is 24.7 Å². The summed E-state index contributed by atoms with van der Waals surface area (Å²) >= 11 is 1.81. The number of hydrogen-bond donors (Lipinski definition) is 0. The number of esters is 1. The zero-order valence-corrected chi connectivity index (χ0v) is 15.1. The van der Waals surface area contributed by atoms with Crippen molar-refractivity contribution in [1.82, 2.24) is 0 Å². The lowest BCUT2D eigenvalue weighted by Crippen LogP contribution is -2.14. The van der Waals surface area contributed by atoms with E-state index >= 15 is 0 Å². The Hall–Kier alpha value is -2.25. The van der Waals surface area contributed by atoms with E-state index in [2.05, 4.69) is 18.2 Å². The molecular formula is C21H21NO2S. The fourth-order valence-corrected chi connectivity index (χ4v) is 4.22. The van der Waals surface area contributed by atoms with Crippen LogP contribution >= 0.6 is 11.8 Å². The van der Waals surface area contributed by atoms with Gasteiger partial charge >= 0.3 is 5.97 Å². The van der Waals surface area contributed by atoms with Crippen molar-refractivity contribution in [2.24, 2.45) is 5.41 Å². The summed E-state index contributed by atoms with van der Waals surface area (Å²) in [6.07, 6.45) is 2.71. The van der Waals surface area contributed by atoms with Gasteiger partial charge in [-0.05, 0) is 54.5 Å². The van der Waals surface area contributed by atoms with Crippen LogP contribution in [0.15, 0.2) is 53.4 Å². The maximum Gasteiger partial charge on any atom is 0.306 e. The summed E-state index contributed by atoms with van der Waals surface area (Å²) in [4.78, 5) is 13.0. The third kappa shape index (κ3) is 4.43. The second-order valence-electron chi connectivity index (χ2n) is 6.46. The molecule has 1 fully saturated rings. The summed E-state index contributed by atoms with van der Waals surface area (Å²) in [5.41, 5.74) is 3.05. The van der Waals surface area contributed by atoms with Gasteiger partial charge in [-0.1, -0.05) is 30.3 Å². The number of nitrogens with zero attached hydrogens (tertiary/aromatic N) is 1. The van der Waals surface area contributed by atoms with Crippen LogP contribution < -0.4 is 0 Å². The molecule has 0 aliphatic heterocycles. The fourth-order valence-electron chi connectivity index (χ4n) is 2.85. The molecule has 1 aliphatic rings. The number of nitriles is 1. The lowest BCUT2D eigenvalue weighted by molar-refractivity contribution is -0.144. The molecule has 0 amide bonds. The summed E-state index contributed by atoms with van der Waals surface area (Å²) in [6, 6.07) is 18.1. The van der Waals surface area contributed by atoms with Gasteiger partial charge < -0.3 is 4.74 Å². The van der Waals surface area contributed by atoms with Crippen LogP contribution in [0.2, 0.25) is 0 Å². The Morgan fingerprint density at radius 2 is 1.92 bits per heavy atom. The van der Waals surface area contributed by atoms with Crippen LogP contribution in [0.3, 0.4) is 0 Å². The molecule has 0 bridgehead atoms. The smallest absolute Gasteiger partial charge is 0.306 e. The van der Waals surface area contributed by atoms with Gasteiger partial charge in [0.25, 0.3) is 0 Å². The Labute approximate surface area is 153 Å². The molecule has 0 heterocycles. The quantitative estimate of drug-likeness (QED) is 0.517. The first-order valence-electron chi connectivity index (χ1n) is 8.54. The topological polar surface area (TPSA) is 50.1 Å². The molecular weight excluding hydrogens is 330 g/mol. The van der Waals surface area contributed by atoms with Crippen molar-refractivity contribution in [3.05, 3.63) is 54.1 Å². The Morgan fingerprint density at radius 3 is 2.56 bits per heavy atom. The number of hydrogen-bond acceptors (Lipinski definition) is 4. The van der Waals surface area contributed by atoms with Gasteiger partial charge in [0.15, 0.2) is 0 Å².